The monoisotopic (exact) mass is 243 g/mol. The van der Waals surface area contributed by atoms with Crippen LogP contribution in [0.5, 0.6) is 11.5 Å². The van der Waals surface area contributed by atoms with Gasteiger partial charge in [0.15, 0.2) is 11.5 Å². The highest BCUT2D eigenvalue weighted by atomic mass is 16.7. The average Bonchev–Trinajstić information content (AvgIpc) is 3.04. The second-order valence-electron chi connectivity index (χ2n) is 4.48. The van der Waals surface area contributed by atoms with Crippen molar-refractivity contribution < 1.29 is 9.47 Å². The number of hydrogen-bond acceptors (Lipinski definition) is 4. The van der Waals surface area contributed by atoms with Gasteiger partial charge >= 0.3 is 0 Å². The molecule has 0 radical (unpaired) electrons. The summed E-state index contributed by atoms with van der Waals surface area (Å²) in [5.41, 5.74) is 2.06. The molecular weight excluding hydrogens is 230 g/mol. The molecule has 0 amide bonds. The van der Waals surface area contributed by atoms with E-state index < -0.39 is 0 Å². The number of hydrogen-bond donors (Lipinski definition) is 1. The van der Waals surface area contributed by atoms with Crippen LogP contribution in [0.2, 0.25) is 0 Å². The molecule has 4 rings (SSSR count). The average molecular weight is 243 g/mol. The van der Waals surface area contributed by atoms with E-state index in [0.29, 0.717) is 6.79 Å². The van der Waals surface area contributed by atoms with Gasteiger partial charge in [0.05, 0.1) is 12.2 Å². The van der Waals surface area contributed by atoms with Gasteiger partial charge in [-0.05, 0) is 18.2 Å². The number of benzene rings is 1. The highest BCUT2D eigenvalue weighted by Crippen LogP contribution is 2.35. The third-order valence-electron chi connectivity index (χ3n) is 3.34. The summed E-state index contributed by atoms with van der Waals surface area (Å²) in [5, 5.41) is 3.32. The molecule has 2 aromatic rings. The van der Waals surface area contributed by atoms with E-state index in [1.807, 2.05) is 18.2 Å². The van der Waals surface area contributed by atoms with Gasteiger partial charge in [-0.15, -0.1) is 0 Å². The molecule has 18 heavy (non-hydrogen) atoms. The first kappa shape index (κ1) is 9.96. The lowest BCUT2D eigenvalue weighted by atomic mass is 10.1. The molecule has 5 nitrogen and oxygen atoms in total. The van der Waals surface area contributed by atoms with Gasteiger partial charge in [-0.1, -0.05) is 0 Å². The van der Waals surface area contributed by atoms with Crippen LogP contribution in [0.25, 0.3) is 11.3 Å². The molecule has 2 aliphatic rings. The second-order valence-corrected chi connectivity index (χ2v) is 4.48. The zero-order valence-electron chi connectivity index (χ0n) is 9.85. The van der Waals surface area contributed by atoms with Gasteiger partial charge in [0.1, 0.15) is 5.82 Å². The largest absolute Gasteiger partial charge is 0.454 e. The molecule has 0 saturated heterocycles. The number of nitrogens with zero attached hydrogens (tertiary/aromatic N) is 2. The molecule has 0 fully saturated rings. The van der Waals surface area contributed by atoms with Crippen molar-refractivity contribution in [2.75, 3.05) is 13.3 Å². The first-order chi connectivity index (χ1) is 8.90. The van der Waals surface area contributed by atoms with Crippen LogP contribution in [0.1, 0.15) is 5.82 Å². The number of imidazole rings is 1. The summed E-state index contributed by atoms with van der Waals surface area (Å²) in [6, 6.07) is 5.95. The van der Waals surface area contributed by atoms with Gasteiger partial charge in [0.25, 0.3) is 0 Å². The van der Waals surface area contributed by atoms with Crippen LogP contribution in [0, 0.1) is 0 Å². The maximum absolute atomic E-state index is 5.39. The predicted octanol–water partition coefficient (Wildman–Crippen LogP) is 1.38. The van der Waals surface area contributed by atoms with E-state index in [9.17, 15) is 0 Å². The molecule has 5 heteroatoms. The zero-order chi connectivity index (χ0) is 11.9. The predicted molar refractivity (Wildman–Crippen MR) is 65.5 cm³/mol. The molecule has 2 aliphatic heterocycles. The molecule has 0 spiro atoms. The summed E-state index contributed by atoms with van der Waals surface area (Å²) in [4.78, 5) is 4.65. The number of ether oxygens (including phenoxy) is 2. The topological polar surface area (TPSA) is 48.3 Å². The summed E-state index contributed by atoms with van der Waals surface area (Å²) in [7, 11) is 0. The molecule has 0 unspecified atom stereocenters. The van der Waals surface area contributed by atoms with Crippen LogP contribution in [-0.2, 0) is 13.1 Å². The third-order valence-corrected chi connectivity index (χ3v) is 3.34. The molecular formula is C13H13N3O2. The maximum Gasteiger partial charge on any atom is 0.231 e. The van der Waals surface area contributed by atoms with Crippen molar-refractivity contribution >= 4 is 0 Å². The Morgan fingerprint density at radius 2 is 2.17 bits per heavy atom. The number of fused-ring (bicyclic) bond motifs is 2. The molecule has 1 N–H and O–H groups in total. The van der Waals surface area contributed by atoms with Crippen LogP contribution >= 0.6 is 0 Å². The maximum atomic E-state index is 5.39. The van der Waals surface area contributed by atoms with Gasteiger partial charge in [0.2, 0.25) is 6.79 Å². The lowest BCUT2D eigenvalue weighted by Crippen LogP contribution is -2.27. The second kappa shape index (κ2) is 3.74. The fraction of sp³-hybridized carbons (Fsp3) is 0.308. The van der Waals surface area contributed by atoms with Gasteiger partial charge in [-0.25, -0.2) is 4.98 Å². The van der Waals surface area contributed by atoms with Crippen molar-refractivity contribution in [2.24, 2.45) is 0 Å². The minimum atomic E-state index is 0.308. The minimum absolute atomic E-state index is 0.308. The van der Waals surface area contributed by atoms with Gasteiger partial charge in [-0.3, -0.25) is 0 Å². The molecule has 0 aliphatic carbocycles. The number of rotatable bonds is 1. The smallest absolute Gasteiger partial charge is 0.231 e. The molecule has 1 aromatic heterocycles. The third kappa shape index (κ3) is 1.48. The van der Waals surface area contributed by atoms with Gasteiger partial charge < -0.3 is 19.4 Å². The van der Waals surface area contributed by atoms with Crippen LogP contribution in [0.3, 0.4) is 0 Å². The Hall–Kier alpha value is -2.01. The van der Waals surface area contributed by atoms with Crippen molar-refractivity contribution in [1.82, 2.24) is 14.9 Å². The highest BCUT2D eigenvalue weighted by molar-refractivity contribution is 5.64. The first-order valence-electron chi connectivity index (χ1n) is 6.07. The normalized spacial score (nSPS) is 16.7. The SMILES string of the molecule is c1cc2c(cc1-c1cn3c(n1)CNCC3)OCO2. The van der Waals surface area contributed by atoms with Gasteiger partial charge in [-0.2, -0.15) is 0 Å². The Morgan fingerprint density at radius 1 is 1.22 bits per heavy atom. The molecule has 1 aromatic carbocycles. The van der Waals surface area contributed by atoms with Crippen LogP contribution < -0.4 is 14.8 Å². The Bertz CT molecular complexity index is 583. The fourth-order valence-electron chi connectivity index (χ4n) is 2.38. The lowest BCUT2D eigenvalue weighted by Gasteiger charge is -2.13. The summed E-state index contributed by atoms with van der Waals surface area (Å²) in [6.07, 6.45) is 2.10. The van der Waals surface area contributed by atoms with E-state index in [0.717, 1.165) is 48.2 Å². The lowest BCUT2D eigenvalue weighted by molar-refractivity contribution is 0.174. The fourth-order valence-corrected chi connectivity index (χ4v) is 2.38. The highest BCUT2D eigenvalue weighted by Gasteiger charge is 2.17. The number of aromatic nitrogens is 2. The summed E-state index contributed by atoms with van der Waals surface area (Å²) >= 11 is 0. The van der Waals surface area contributed by atoms with E-state index >= 15 is 0 Å². The summed E-state index contributed by atoms with van der Waals surface area (Å²) in [5.74, 6) is 2.70. The minimum Gasteiger partial charge on any atom is -0.454 e. The van der Waals surface area contributed by atoms with Crippen LogP contribution in [0.4, 0.5) is 0 Å². The first-order valence-corrected chi connectivity index (χ1v) is 6.07. The van der Waals surface area contributed by atoms with E-state index in [-0.39, 0.29) is 0 Å². The summed E-state index contributed by atoms with van der Waals surface area (Å²) in [6.45, 7) is 3.13. The van der Waals surface area contributed by atoms with Gasteiger partial charge in [0, 0.05) is 24.8 Å². The van der Waals surface area contributed by atoms with Crippen molar-refractivity contribution in [3.05, 3.63) is 30.2 Å². The Balaban J connectivity index is 1.76. The molecule has 0 atom stereocenters. The quantitative estimate of drug-likeness (QED) is 0.822. The molecule has 3 heterocycles. The molecule has 0 bridgehead atoms. The Kier molecular flexibility index (Phi) is 2.07. The zero-order valence-corrected chi connectivity index (χ0v) is 9.85. The van der Waals surface area contributed by atoms with E-state index in [1.165, 1.54) is 0 Å². The van der Waals surface area contributed by atoms with E-state index in [4.69, 9.17) is 9.47 Å². The van der Waals surface area contributed by atoms with E-state index in [1.54, 1.807) is 0 Å². The Morgan fingerprint density at radius 3 is 3.11 bits per heavy atom. The van der Waals surface area contributed by atoms with Crippen molar-refractivity contribution in [2.45, 2.75) is 13.1 Å². The van der Waals surface area contributed by atoms with Crippen molar-refractivity contribution in [3.63, 3.8) is 0 Å². The number of nitrogens with one attached hydrogen (secondary N) is 1. The molecule has 92 valence electrons. The standard InChI is InChI=1S/C13H13N3O2/c1-2-11-12(18-8-17-11)5-9(1)10-7-16-4-3-14-6-13(16)15-10/h1-2,5,7,14H,3-4,6,8H2. The van der Waals surface area contributed by atoms with Crippen molar-refractivity contribution in [1.29, 1.82) is 0 Å². The summed E-state index contributed by atoms with van der Waals surface area (Å²) < 4.78 is 12.9. The van der Waals surface area contributed by atoms with E-state index in [2.05, 4.69) is 21.1 Å². The van der Waals surface area contributed by atoms with Crippen LogP contribution in [-0.4, -0.2) is 22.9 Å². The van der Waals surface area contributed by atoms with Crippen molar-refractivity contribution in [3.8, 4) is 22.8 Å². The van der Waals surface area contributed by atoms with Crippen LogP contribution in [0.15, 0.2) is 24.4 Å². The Labute approximate surface area is 104 Å². The molecule has 0 saturated carbocycles.